The number of benzene rings is 3. The van der Waals surface area contributed by atoms with Crippen molar-refractivity contribution in [3.05, 3.63) is 99.9 Å². The van der Waals surface area contributed by atoms with Gasteiger partial charge in [-0.1, -0.05) is 45.0 Å². The van der Waals surface area contributed by atoms with E-state index >= 15 is 4.39 Å². The third kappa shape index (κ3) is 10.4. The van der Waals surface area contributed by atoms with Gasteiger partial charge in [-0.25, -0.2) is 9.37 Å². The number of nitrogens with one attached hydrogen (secondary N) is 3. The molecular formula is C46H48F4N8O6S2. The standard InChI is InChI=1S/C46H48F4N8O6S2/c1-25-37(66-24-54-25)27-11-9-26(10-12-27)22-53-40(62)35-20-31(59)23-56(35)41(63)38(44(2,3)4)55-36(60)8-7-17-52-39(61)32-16-15-30(19-34(32)47)58-43(65)57(42(64)45(58,5)6)29-14-13-28(21-51)33(18-29)46(48,49)50/h9-16,18-19,24,31,35,38,59H,7-8,17,20,22-23H2,1-6H3,(H,52,61)(H,53,62)(H,55,60). The highest BCUT2D eigenvalue weighted by atomic mass is 32.1. The molecule has 4 aromatic rings. The molecular weight excluding hydrogens is 901 g/mol. The van der Waals surface area contributed by atoms with Crippen molar-refractivity contribution in [1.29, 1.82) is 5.26 Å². The highest BCUT2D eigenvalue weighted by Gasteiger charge is 2.51. The molecule has 0 aliphatic carbocycles. The van der Waals surface area contributed by atoms with E-state index in [1.807, 2.05) is 31.2 Å². The molecule has 2 saturated heterocycles. The van der Waals surface area contributed by atoms with Gasteiger partial charge in [-0.15, -0.1) is 11.3 Å². The maximum absolute atomic E-state index is 15.6. The van der Waals surface area contributed by atoms with Crippen LogP contribution in [0.2, 0.25) is 0 Å². The molecule has 20 heteroatoms. The van der Waals surface area contributed by atoms with E-state index in [-0.39, 0.29) is 60.9 Å². The smallest absolute Gasteiger partial charge is 0.391 e. The molecule has 5 amide bonds. The average molecular weight is 949 g/mol. The number of aliphatic hydroxyl groups excluding tert-OH is 1. The molecule has 3 aromatic carbocycles. The molecule has 0 saturated carbocycles. The van der Waals surface area contributed by atoms with Crippen LogP contribution in [0.1, 0.15) is 86.6 Å². The lowest BCUT2D eigenvalue weighted by Crippen LogP contribution is -2.57. The number of hydrogen-bond donors (Lipinski definition) is 4. The van der Waals surface area contributed by atoms with Crippen LogP contribution < -0.4 is 25.8 Å². The average Bonchev–Trinajstić information content (AvgIpc) is 3.91. The van der Waals surface area contributed by atoms with E-state index < -0.39 is 81.8 Å². The fraction of sp³-hybridized carbons (Fsp3) is 0.391. The largest absolute Gasteiger partial charge is 0.417 e. The highest BCUT2D eigenvalue weighted by Crippen LogP contribution is 2.40. The van der Waals surface area contributed by atoms with E-state index in [0.29, 0.717) is 6.07 Å². The summed E-state index contributed by atoms with van der Waals surface area (Å²) in [6, 6.07) is 13.3. The zero-order valence-electron chi connectivity index (χ0n) is 36.9. The molecule has 0 radical (unpaired) electrons. The van der Waals surface area contributed by atoms with Crippen molar-refractivity contribution in [2.75, 3.05) is 22.9 Å². The van der Waals surface area contributed by atoms with Gasteiger partial charge in [-0.3, -0.25) is 28.9 Å². The van der Waals surface area contributed by atoms with E-state index in [1.54, 1.807) is 26.3 Å². The number of carbonyl (C=O) groups excluding carboxylic acids is 5. The number of halogens is 4. The van der Waals surface area contributed by atoms with E-state index in [9.17, 15) is 47.5 Å². The molecule has 3 unspecified atom stereocenters. The molecule has 3 heterocycles. The Balaban J connectivity index is 1.03. The lowest BCUT2D eigenvalue weighted by atomic mass is 9.85. The second-order valence-electron chi connectivity index (χ2n) is 17.6. The van der Waals surface area contributed by atoms with Crippen LogP contribution in [0, 0.1) is 29.5 Å². The summed E-state index contributed by atoms with van der Waals surface area (Å²) in [5.41, 5.74) is -0.240. The second kappa shape index (κ2) is 19.3. The number of amides is 5. The molecule has 2 fully saturated rings. The number of likely N-dealkylation sites (tertiary alicyclic amines) is 1. The number of anilines is 2. The van der Waals surface area contributed by atoms with Gasteiger partial charge in [0.2, 0.25) is 17.7 Å². The summed E-state index contributed by atoms with van der Waals surface area (Å²) in [7, 11) is 0. The molecule has 14 nitrogen and oxygen atoms in total. The van der Waals surface area contributed by atoms with Crippen molar-refractivity contribution < 1.29 is 46.6 Å². The molecule has 2 aliphatic rings. The number of thiocarbonyl (C=S) groups is 1. The maximum Gasteiger partial charge on any atom is 0.417 e. The number of aryl methyl sites for hydroxylation is 1. The Morgan fingerprint density at radius 1 is 1.03 bits per heavy atom. The normalized spacial score (nSPS) is 17.7. The minimum Gasteiger partial charge on any atom is -0.391 e. The van der Waals surface area contributed by atoms with Crippen molar-refractivity contribution in [2.24, 2.45) is 5.41 Å². The fourth-order valence-corrected chi connectivity index (χ4v) is 9.18. The third-order valence-corrected chi connectivity index (χ3v) is 12.7. The molecule has 66 heavy (non-hydrogen) atoms. The van der Waals surface area contributed by atoms with Crippen LogP contribution in [0.3, 0.4) is 0 Å². The SMILES string of the molecule is Cc1ncsc1-c1ccc(CNC(=O)C2CC(O)CN2C(=O)C(NC(=O)CCCNC(=O)c2ccc(N3C(=S)N(c4ccc(C#N)c(C(F)(F)F)c4)C(=O)C3(C)C)cc2F)C(C)(C)C)cc1. The summed E-state index contributed by atoms with van der Waals surface area (Å²) in [4.78, 5) is 76.1. The van der Waals surface area contributed by atoms with Crippen molar-refractivity contribution in [1.82, 2.24) is 25.8 Å². The third-order valence-electron chi connectivity index (χ3n) is 11.4. The number of carbonyl (C=O) groups is 5. The number of hydrogen-bond acceptors (Lipinski definition) is 10. The summed E-state index contributed by atoms with van der Waals surface area (Å²) < 4.78 is 56.8. The number of alkyl halides is 3. The van der Waals surface area contributed by atoms with Gasteiger partial charge < -0.3 is 30.9 Å². The van der Waals surface area contributed by atoms with E-state index in [2.05, 4.69) is 20.9 Å². The van der Waals surface area contributed by atoms with Gasteiger partial charge in [0.15, 0.2) is 5.11 Å². The molecule has 348 valence electrons. The van der Waals surface area contributed by atoms with Crippen LogP contribution in [-0.4, -0.2) is 86.5 Å². The van der Waals surface area contributed by atoms with Crippen LogP contribution in [0.5, 0.6) is 0 Å². The van der Waals surface area contributed by atoms with Gasteiger partial charge in [0.25, 0.3) is 11.8 Å². The summed E-state index contributed by atoms with van der Waals surface area (Å²) in [5, 5.41) is 27.7. The first kappa shape index (κ1) is 49.1. The molecule has 0 bridgehead atoms. The van der Waals surface area contributed by atoms with Crippen LogP contribution in [-0.2, 0) is 31.9 Å². The quantitative estimate of drug-likeness (QED) is 0.0665. The second-order valence-corrected chi connectivity index (χ2v) is 18.8. The molecule has 3 atom stereocenters. The van der Waals surface area contributed by atoms with Gasteiger partial charge in [-0.2, -0.15) is 18.4 Å². The van der Waals surface area contributed by atoms with Gasteiger partial charge >= 0.3 is 6.18 Å². The van der Waals surface area contributed by atoms with Crippen molar-refractivity contribution >= 4 is 69.6 Å². The van der Waals surface area contributed by atoms with Gasteiger partial charge in [0.05, 0.1) is 50.6 Å². The zero-order valence-corrected chi connectivity index (χ0v) is 38.5. The number of rotatable bonds is 13. The zero-order chi connectivity index (χ0) is 48.5. The van der Waals surface area contributed by atoms with E-state index in [0.717, 1.165) is 50.9 Å². The number of aromatic nitrogens is 1. The summed E-state index contributed by atoms with van der Waals surface area (Å²) in [6.07, 6.45) is -5.87. The number of thiazole rings is 1. The van der Waals surface area contributed by atoms with Crippen LogP contribution in [0.25, 0.3) is 10.4 Å². The minimum absolute atomic E-state index is 0.0197. The molecule has 4 N–H and O–H groups in total. The van der Waals surface area contributed by atoms with E-state index in [1.165, 1.54) is 47.1 Å². The first-order chi connectivity index (χ1) is 30.9. The first-order valence-electron chi connectivity index (χ1n) is 20.9. The summed E-state index contributed by atoms with van der Waals surface area (Å²) in [5.74, 6) is -4.03. The Bertz CT molecular complexity index is 2610. The van der Waals surface area contributed by atoms with Crippen LogP contribution in [0.4, 0.5) is 28.9 Å². The van der Waals surface area contributed by atoms with Gasteiger partial charge in [-0.05, 0) is 92.4 Å². The summed E-state index contributed by atoms with van der Waals surface area (Å²) >= 11 is 7.05. The number of aliphatic hydroxyl groups is 1. The van der Waals surface area contributed by atoms with Crippen molar-refractivity contribution in [2.45, 2.75) is 97.3 Å². The minimum atomic E-state index is -4.90. The Labute approximate surface area is 388 Å². The Morgan fingerprint density at radius 3 is 2.32 bits per heavy atom. The predicted octanol–water partition coefficient (Wildman–Crippen LogP) is 6.38. The Hall–Kier alpha value is -6.30. The summed E-state index contributed by atoms with van der Waals surface area (Å²) in [6.45, 7) is 10.1. The number of nitriles is 1. The molecule has 0 spiro atoms. The number of nitrogens with zero attached hydrogens (tertiary/aromatic N) is 5. The molecule has 6 rings (SSSR count). The van der Waals surface area contributed by atoms with Gasteiger partial charge in [0, 0.05) is 38.2 Å². The van der Waals surface area contributed by atoms with Crippen molar-refractivity contribution in [3.8, 4) is 16.5 Å². The molecule has 2 aliphatic heterocycles. The van der Waals surface area contributed by atoms with Crippen LogP contribution in [0.15, 0.2) is 66.2 Å². The maximum atomic E-state index is 15.6. The van der Waals surface area contributed by atoms with Crippen molar-refractivity contribution in [3.63, 3.8) is 0 Å². The topological polar surface area (TPSA) is 188 Å². The van der Waals surface area contributed by atoms with E-state index in [4.69, 9.17) is 12.2 Å². The lowest BCUT2D eigenvalue weighted by molar-refractivity contribution is -0.144. The monoisotopic (exact) mass is 948 g/mol. The van der Waals surface area contributed by atoms with Crippen LogP contribution >= 0.6 is 23.6 Å². The highest BCUT2D eigenvalue weighted by molar-refractivity contribution is 7.81. The Kier molecular flexibility index (Phi) is 14.3. The fourth-order valence-electron chi connectivity index (χ4n) is 7.85. The first-order valence-corrected chi connectivity index (χ1v) is 22.2. The predicted molar refractivity (Wildman–Crippen MR) is 242 cm³/mol. The lowest BCUT2D eigenvalue weighted by Gasteiger charge is -2.35. The number of β-amino-alcohol motifs (C(OH)–C–C–N with tert-alkyl or cyclic N) is 1. The molecule has 1 aromatic heterocycles. The Morgan fingerprint density at radius 2 is 1.71 bits per heavy atom. The van der Waals surface area contributed by atoms with Gasteiger partial charge in [0.1, 0.15) is 23.4 Å².